The number of fused-ring (bicyclic) bond motifs is 2. The van der Waals surface area contributed by atoms with E-state index < -0.39 is 29.7 Å². The molecule has 10 heteroatoms. The Kier molecular flexibility index (Phi) is 7.84. The molecule has 10 nitrogen and oxygen atoms in total. The zero-order chi connectivity index (χ0) is 29.9. The zero-order valence-electron chi connectivity index (χ0n) is 23.8. The molecule has 0 bridgehead atoms. The molecule has 2 atom stereocenters. The van der Waals surface area contributed by atoms with E-state index in [9.17, 15) is 14.9 Å². The zero-order valence-corrected chi connectivity index (χ0v) is 23.8. The molecular formula is C32H32N6O4. The second-order valence-electron chi connectivity index (χ2n) is 10.9. The summed E-state index contributed by atoms with van der Waals surface area (Å²) in [5.41, 5.74) is 4.16. The highest BCUT2D eigenvalue weighted by Crippen LogP contribution is 2.31. The van der Waals surface area contributed by atoms with Gasteiger partial charge in [0.1, 0.15) is 17.3 Å². The van der Waals surface area contributed by atoms with Crippen LogP contribution >= 0.6 is 0 Å². The number of benzene rings is 2. The first kappa shape index (κ1) is 28.2. The Hall–Kier alpha value is -5.30. The fraction of sp³-hybridized carbons (Fsp3) is 0.250. The first-order valence-corrected chi connectivity index (χ1v) is 13.5. The molecule has 0 fully saturated rings. The van der Waals surface area contributed by atoms with Gasteiger partial charge in [0.15, 0.2) is 0 Å². The average molecular weight is 565 g/mol. The van der Waals surface area contributed by atoms with Crippen LogP contribution < -0.4 is 10.6 Å². The van der Waals surface area contributed by atoms with Crippen molar-refractivity contribution in [1.29, 1.82) is 5.26 Å². The van der Waals surface area contributed by atoms with Crippen molar-refractivity contribution >= 4 is 39.7 Å². The third-order valence-electron chi connectivity index (χ3n) is 6.86. The second-order valence-corrected chi connectivity index (χ2v) is 10.9. The highest BCUT2D eigenvalue weighted by Gasteiger charge is 2.29. The van der Waals surface area contributed by atoms with Gasteiger partial charge in [0, 0.05) is 46.1 Å². The van der Waals surface area contributed by atoms with E-state index >= 15 is 0 Å². The number of H-pyrrole nitrogens is 2. The molecule has 0 aliphatic heterocycles. The predicted octanol–water partition coefficient (Wildman–Crippen LogP) is 5.94. The number of carbonyl (C=O) groups is 2. The van der Waals surface area contributed by atoms with Gasteiger partial charge in [0.2, 0.25) is 0 Å². The molecule has 0 saturated carbocycles. The number of amides is 1. The Balaban J connectivity index is 1.49. The van der Waals surface area contributed by atoms with Crippen LogP contribution in [0.1, 0.15) is 36.7 Å². The van der Waals surface area contributed by atoms with Gasteiger partial charge in [-0.3, -0.25) is 0 Å². The number of pyridine rings is 1. The topological polar surface area (TPSA) is 145 Å². The summed E-state index contributed by atoms with van der Waals surface area (Å²) in [6.45, 7) is 5.32. The van der Waals surface area contributed by atoms with Crippen LogP contribution in [-0.2, 0) is 15.9 Å². The molecule has 3 heterocycles. The molecule has 0 unspecified atom stereocenters. The number of methoxy groups -OCH3 is 1. The lowest BCUT2D eigenvalue weighted by atomic mass is 9.98. The Morgan fingerprint density at radius 1 is 1.05 bits per heavy atom. The minimum absolute atomic E-state index is 0.247. The average Bonchev–Trinajstić information content (AvgIpc) is 3.59. The van der Waals surface area contributed by atoms with Crippen molar-refractivity contribution in [3.8, 4) is 17.2 Å². The predicted molar refractivity (Wildman–Crippen MR) is 161 cm³/mol. The SMILES string of the molecule is COC(=O)c1cc(-c2c[nH]c3ncccc23)ccc1N[C@@H](C#N)[C@H](Cc1c[nH]c2ccccc12)NC(=O)OC(C)(C)C. The third-order valence-corrected chi connectivity index (χ3v) is 6.86. The van der Waals surface area contributed by atoms with Crippen LogP contribution in [-0.4, -0.2) is 51.8 Å². The summed E-state index contributed by atoms with van der Waals surface area (Å²) in [5.74, 6) is -0.567. The molecule has 0 radical (unpaired) electrons. The maximum absolute atomic E-state index is 12.9. The molecule has 1 amide bonds. The Labute approximate surface area is 243 Å². The van der Waals surface area contributed by atoms with Crippen molar-refractivity contribution < 1.29 is 19.1 Å². The van der Waals surface area contributed by atoms with Crippen molar-refractivity contribution in [1.82, 2.24) is 20.3 Å². The summed E-state index contributed by atoms with van der Waals surface area (Å²) in [6.07, 6.45) is 5.08. The van der Waals surface area contributed by atoms with Crippen LogP contribution in [0.2, 0.25) is 0 Å². The maximum Gasteiger partial charge on any atom is 0.407 e. The minimum Gasteiger partial charge on any atom is -0.465 e. The second kappa shape index (κ2) is 11.7. The lowest BCUT2D eigenvalue weighted by Crippen LogP contribution is -2.49. The Bertz CT molecular complexity index is 1790. The van der Waals surface area contributed by atoms with Crippen LogP contribution in [0.3, 0.4) is 0 Å². The number of nitrogens with one attached hydrogen (secondary N) is 4. The van der Waals surface area contributed by atoms with E-state index in [2.05, 4.69) is 31.7 Å². The third kappa shape index (κ3) is 6.05. The van der Waals surface area contributed by atoms with Gasteiger partial charge in [0.05, 0.1) is 24.8 Å². The van der Waals surface area contributed by atoms with E-state index in [-0.39, 0.29) is 5.56 Å². The van der Waals surface area contributed by atoms with Gasteiger partial charge < -0.3 is 30.1 Å². The van der Waals surface area contributed by atoms with Crippen LogP contribution in [0.25, 0.3) is 33.1 Å². The Morgan fingerprint density at radius 2 is 1.83 bits per heavy atom. The van der Waals surface area contributed by atoms with E-state index in [1.807, 2.05) is 54.9 Å². The van der Waals surface area contributed by atoms with Crippen molar-refractivity contribution in [3.05, 3.63) is 84.3 Å². The number of ether oxygens (including phenoxy) is 2. The monoisotopic (exact) mass is 564 g/mol. The number of aromatic nitrogens is 3. The van der Waals surface area contributed by atoms with Crippen molar-refractivity contribution in [2.75, 3.05) is 12.4 Å². The summed E-state index contributed by atoms with van der Waals surface area (Å²) in [4.78, 5) is 36.5. The number of hydrogen-bond acceptors (Lipinski definition) is 7. The standard InChI is InChI=1S/C32H32N6O4/c1-32(2,3)42-31(40)38-27(15-20-17-35-25-10-6-5-8-21(20)25)28(16-33)37-26-12-11-19(14-23(26)30(39)41-4)24-18-36-29-22(24)9-7-13-34-29/h5-14,17-18,27-28,35,37H,15H2,1-4H3,(H,34,36)(H,38,40)/t27-,28-/m0/s1. The highest BCUT2D eigenvalue weighted by atomic mass is 16.6. The van der Waals surface area contributed by atoms with E-state index in [0.29, 0.717) is 12.1 Å². The first-order chi connectivity index (χ1) is 20.2. The molecule has 2 aromatic carbocycles. The molecule has 42 heavy (non-hydrogen) atoms. The van der Waals surface area contributed by atoms with Gasteiger partial charge in [-0.1, -0.05) is 24.3 Å². The van der Waals surface area contributed by atoms with E-state index in [1.54, 1.807) is 39.1 Å². The molecule has 0 saturated heterocycles. The number of rotatable bonds is 8. The fourth-order valence-electron chi connectivity index (χ4n) is 4.95. The van der Waals surface area contributed by atoms with Crippen LogP contribution in [0.5, 0.6) is 0 Å². The molecule has 214 valence electrons. The number of para-hydroxylation sites is 1. The molecule has 4 N–H and O–H groups in total. The van der Waals surface area contributed by atoms with Crippen LogP contribution in [0, 0.1) is 11.3 Å². The fourth-order valence-corrected chi connectivity index (χ4v) is 4.95. The molecule has 0 aliphatic carbocycles. The number of anilines is 1. The summed E-state index contributed by atoms with van der Waals surface area (Å²) in [7, 11) is 1.31. The minimum atomic E-state index is -0.933. The number of carbonyl (C=O) groups excluding carboxylic acids is 2. The maximum atomic E-state index is 12.9. The summed E-state index contributed by atoms with van der Waals surface area (Å²) in [5, 5.41) is 18.3. The number of aromatic amines is 2. The highest BCUT2D eigenvalue weighted by molar-refractivity contribution is 6.00. The normalized spacial score (nSPS) is 12.8. The van der Waals surface area contributed by atoms with E-state index in [1.165, 1.54) is 7.11 Å². The summed E-state index contributed by atoms with van der Waals surface area (Å²) < 4.78 is 10.6. The molecule has 3 aromatic heterocycles. The molecule has 5 rings (SSSR count). The summed E-state index contributed by atoms with van der Waals surface area (Å²) in [6, 6.07) is 17.5. The number of esters is 1. The molecule has 0 spiro atoms. The van der Waals surface area contributed by atoms with E-state index in [0.717, 1.165) is 38.6 Å². The number of nitrogens with zero attached hydrogens (tertiary/aromatic N) is 2. The van der Waals surface area contributed by atoms with Gasteiger partial charge >= 0.3 is 12.1 Å². The number of alkyl carbamates (subject to hydrolysis) is 1. The van der Waals surface area contributed by atoms with Crippen molar-refractivity contribution in [2.45, 2.75) is 44.9 Å². The van der Waals surface area contributed by atoms with Crippen molar-refractivity contribution in [3.63, 3.8) is 0 Å². The van der Waals surface area contributed by atoms with E-state index in [4.69, 9.17) is 9.47 Å². The molecule has 0 aliphatic rings. The molecule has 5 aromatic rings. The number of nitriles is 1. The lowest BCUT2D eigenvalue weighted by molar-refractivity contribution is 0.0501. The Morgan fingerprint density at radius 3 is 2.60 bits per heavy atom. The first-order valence-electron chi connectivity index (χ1n) is 13.5. The van der Waals surface area contributed by atoms with Crippen LogP contribution in [0.15, 0.2) is 73.2 Å². The van der Waals surface area contributed by atoms with Crippen molar-refractivity contribution in [2.24, 2.45) is 0 Å². The smallest absolute Gasteiger partial charge is 0.407 e. The van der Waals surface area contributed by atoms with Gasteiger partial charge in [-0.05, 0) is 68.7 Å². The van der Waals surface area contributed by atoms with Gasteiger partial charge in [0.25, 0.3) is 0 Å². The number of hydrogen-bond donors (Lipinski definition) is 4. The largest absolute Gasteiger partial charge is 0.465 e. The lowest BCUT2D eigenvalue weighted by Gasteiger charge is -2.27. The van der Waals surface area contributed by atoms with Crippen LogP contribution in [0.4, 0.5) is 10.5 Å². The summed E-state index contributed by atoms with van der Waals surface area (Å²) >= 11 is 0. The van der Waals surface area contributed by atoms with Gasteiger partial charge in [-0.15, -0.1) is 0 Å². The van der Waals surface area contributed by atoms with Gasteiger partial charge in [-0.25, -0.2) is 14.6 Å². The van der Waals surface area contributed by atoms with Gasteiger partial charge in [-0.2, -0.15) is 5.26 Å². The molecular weight excluding hydrogens is 532 g/mol. The quantitative estimate of drug-likeness (QED) is 0.171.